The molecule has 0 saturated heterocycles. The molecule has 0 bridgehead atoms. The van der Waals surface area contributed by atoms with Gasteiger partial charge in [0, 0.05) is 59.1 Å². The van der Waals surface area contributed by atoms with Gasteiger partial charge in [0.15, 0.2) is 0 Å². The van der Waals surface area contributed by atoms with Gasteiger partial charge in [-0.25, -0.2) is 10.5 Å². The first-order valence-electron chi connectivity index (χ1n) is 10.9. The molecule has 0 spiro atoms. The van der Waals surface area contributed by atoms with Gasteiger partial charge in [-0.1, -0.05) is 30.3 Å². The molecular weight excluding hydrogens is 404 g/mol. The van der Waals surface area contributed by atoms with E-state index in [1.54, 1.807) is 23.8 Å². The minimum absolute atomic E-state index is 0.130. The van der Waals surface area contributed by atoms with E-state index in [0.29, 0.717) is 12.1 Å². The number of hydrogen-bond acceptors (Lipinski definition) is 4. The molecule has 0 fully saturated rings. The van der Waals surface area contributed by atoms with Crippen LogP contribution in [0.4, 0.5) is 0 Å². The van der Waals surface area contributed by atoms with Gasteiger partial charge in [0.25, 0.3) is 5.91 Å². The molecule has 0 saturated carbocycles. The van der Waals surface area contributed by atoms with Crippen LogP contribution in [0.1, 0.15) is 45.5 Å². The van der Waals surface area contributed by atoms with Crippen LogP contribution in [0, 0.1) is 12.8 Å². The summed E-state index contributed by atoms with van der Waals surface area (Å²) in [6.07, 6.45) is 5.03. The number of hydroxylamine groups is 1. The van der Waals surface area contributed by atoms with Crippen LogP contribution in [-0.2, 0) is 19.5 Å². The summed E-state index contributed by atoms with van der Waals surface area (Å²) in [5, 5.41) is 21.3. The largest absolute Gasteiger partial charge is 0.388 e. The Morgan fingerprint density at radius 1 is 1.19 bits per heavy atom. The summed E-state index contributed by atoms with van der Waals surface area (Å²) in [7, 11) is 0. The highest BCUT2D eigenvalue weighted by Crippen LogP contribution is 2.41. The fraction of sp³-hybridized carbons (Fsp3) is 0.280. The van der Waals surface area contributed by atoms with Crippen LogP contribution in [0.15, 0.2) is 60.9 Å². The standard InChI is InChI=1S/C25H26N4O3/c1-16-26-12-13-28(16)15-19-10-11-22-23(24(19)30)20-4-2-3-5-21(20)29(22)14-17-6-8-18(9-7-17)25(31)27-32/h2-9,12-13,19,24,30,32H,10-11,14-15H2,1H3,(H,27,31). The number of carbonyl (C=O) groups is 1. The number of carbonyl (C=O) groups excluding carboxylic acids is 1. The summed E-state index contributed by atoms with van der Waals surface area (Å²) >= 11 is 0. The van der Waals surface area contributed by atoms with Crippen LogP contribution in [0.25, 0.3) is 10.9 Å². The van der Waals surface area contributed by atoms with E-state index >= 15 is 0 Å². The van der Waals surface area contributed by atoms with E-state index in [1.807, 2.05) is 37.4 Å². The average Bonchev–Trinajstić information content (AvgIpc) is 3.37. The predicted octanol–water partition coefficient (Wildman–Crippen LogP) is 3.61. The monoisotopic (exact) mass is 430 g/mol. The zero-order chi connectivity index (χ0) is 22.2. The highest BCUT2D eigenvalue weighted by molar-refractivity contribution is 5.93. The van der Waals surface area contributed by atoms with Gasteiger partial charge in [-0.15, -0.1) is 0 Å². The molecule has 7 nitrogen and oxygen atoms in total. The molecule has 32 heavy (non-hydrogen) atoms. The summed E-state index contributed by atoms with van der Waals surface area (Å²) in [5.41, 5.74) is 6.43. The van der Waals surface area contributed by atoms with Crippen LogP contribution >= 0.6 is 0 Å². The summed E-state index contributed by atoms with van der Waals surface area (Å²) in [6.45, 7) is 3.39. The number of imidazole rings is 1. The van der Waals surface area contributed by atoms with E-state index in [1.165, 1.54) is 5.69 Å². The number of aromatic nitrogens is 3. The molecular formula is C25H26N4O3. The quantitative estimate of drug-likeness (QED) is 0.333. The molecule has 2 heterocycles. The number of nitrogens with zero attached hydrogens (tertiary/aromatic N) is 3. The molecule has 0 radical (unpaired) electrons. The van der Waals surface area contributed by atoms with Crippen molar-refractivity contribution in [3.63, 3.8) is 0 Å². The molecule has 5 rings (SSSR count). The SMILES string of the molecule is Cc1nccn1CC1CCc2c(c3ccccc3n2Cc2ccc(C(=O)NO)cc2)C1O. The second kappa shape index (κ2) is 8.26. The maximum atomic E-state index is 11.6. The number of aryl methyl sites for hydroxylation is 1. The Morgan fingerprint density at radius 2 is 1.97 bits per heavy atom. The third-order valence-electron chi connectivity index (χ3n) is 6.63. The number of amides is 1. The van der Waals surface area contributed by atoms with E-state index in [2.05, 4.69) is 26.3 Å². The number of aliphatic hydroxyl groups excluding tert-OH is 1. The average molecular weight is 431 g/mol. The Kier molecular flexibility index (Phi) is 5.28. The lowest BCUT2D eigenvalue weighted by atomic mass is 9.83. The van der Waals surface area contributed by atoms with Gasteiger partial charge in [-0.2, -0.15) is 0 Å². The fourth-order valence-electron chi connectivity index (χ4n) is 4.93. The molecule has 2 aromatic carbocycles. The van der Waals surface area contributed by atoms with Gasteiger partial charge in [-0.05, 0) is 43.5 Å². The molecule has 1 aliphatic rings. The van der Waals surface area contributed by atoms with Gasteiger partial charge in [-0.3, -0.25) is 10.0 Å². The van der Waals surface area contributed by atoms with E-state index in [0.717, 1.165) is 47.2 Å². The number of aliphatic hydroxyl groups is 1. The van der Waals surface area contributed by atoms with E-state index in [9.17, 15) is 9.90 Å². The topological polar surface area (TPSA) is 92.3 Å². The van der Waals surface area contributed by atoms with Crippen LogP contribution in [0.3, 0.4) is 0 Å². The first-order chi connectivity index (χ1) is 15.6. The maximum Gasteiger partial charge on any atom is 0.274 e. The van der Waals surface area contributed by atoms with Crippen LogP contribution in [0.2, 0.25) is 0 Å². The highest BCUT2D eigenvalue weighted by atomic mass is 16.5. The third-order valence-corrected chi connectivity index (χ3v) is 6.63. The minimum atomic E-state index is -0.540. The molecule has 2 atom stereocenters. The molecule has 3 N–H and O–H groups in total. The second-order valence-corrected chi connectivity index (χ2v) is 8.47. The summed E-state index contributed by atoms with van der Waals surface area (Å²) < 4.78 is 4.40. The van der Waals surface area contributed by atoms with E-state index < -0.39 is 12.0 Å². The number of nitrogens with one attached hydrogen (secondary N) is 1. The Morgan fingerprint density at radius 3 is 2.69 bits per heavy atom. The van der Waals surface area contributed by atoms with Crippen molar-refractivity contribution < 1.29 is 15.1 Å². The highest BCUT2D eigenvalue weighted by Gasteiger charge is 2.33. The summed E-state index contributed by atoms with van der Waals surface area (Å²) in [5.74, 6) is 0.567. The van der Waals surface area contributed by atoms with Gasteiger partial charge in [0.1, 0.15) is 5.82 Å². The molecule has 1 aliphatic carbocycles. The van der Waals surface area contributed by atoms with Gasteiger partial charge in [0.2, 0.25) is 0 Å². The van der Waals surface area contributed by atoms with Gasteiger partial charge >= 0.3 is 0 Å². The van der Waals surface area contributed by atoms with Crippen molar-refractivity contribution in [2.45, 2.75) is 39.0 Å². The van der Waals surface area contributed by atoms with Crippen molar-refractivity contribution in [2.75, 3.05) is 0 Å². The van der Waals surface area contributed by atoms with Crippen molar-refractivity contribution in [2.24, 2.45) is 5.92 Å². The lowest BCUT2D eigenvalue weighted by Crippen LogP contribution is -2.25. The van der Waals surface area contributed by atoms with Crippen molar-refractivity contribution in [1.29, 1.82) is 0 Å². The van der Waals surface area contributed by atoms with Crippen LogP contribution in [0.5, 0.6) is 0 Å². The first kappa shape index (κ1) is 20.5. The van der Waals surface area contributed by atoms with E-state index in [-0.39, 0.29) is 5.92 Å². The normalized spacial score (nSPS) is 18.0. The van der Waals surface area contributed by atoms with Crippen LogP contribution < -0.4 is 5.48 Å². The lowest BCUT2D eigenvalue weighted by molar-refractivity contribution is 0.0706. The number of benzene rings is 2. The van der Waals surface area contributed by atoms with Crippen molar-refractivity contribution in [3.8, 4) is 0 Å². The molecule has 2 unspecified atom stereocenters. The second-order valence-electron chi connectivity index (χ2n) is 8.47. The zero-order valence-electron chi connectivity index (χ0n) is 17.9. The fourth-order valence-corrected chi connectivity index (χ4v) is 4.93. The van der Waals surface area contributed by atoms with Crippen molar-refractivity contribution in [3.05, 3.63) is 89.1 Å². The molecule has 0 aliphatic heterocycles. The number of hydrogen-bond donors (Lipinski definition) is 3. The molecule has 164 valence electrons. The smallest absolute Gasteiger partial charge is 0.274 e. The van der Waals surface area contributed by atoms with E-state index in [4.69, 9.17) is 5.21 Å². The minimum Gasteiger partial charge on any atom is -0.388 e. The first-order valence-corrected chi connectivity index (χ1v) is 10.9. The predicted molar refractivity (Wildman–Crippen MR) is 120 cm³/mol. The molecule has 2 aromatic heterocycles. The number of fused-ring (bicyclic) bond motifs is 3. The number of para-hydroxylation sites is 1. The summed E-state index contributed by atoms with van der Waals surface area (Å²) in [6, 6.07) is 15.4. The Hall–Kier alpha value is -3.42. The maximum absolute atomic E-state index is 11.6. The third kappa shape index (κ3) is 3.49. The molecule has 7 heteroatoms. The lowest BCUT2D eigenvalue weighted by Gasteiger charge is -2.30. The Bertz CT molecular complexity index is 1270. The van der Waals surface area contributed by atoms with Gasteiger partial charge < -0.3 is 14.2 Å². The Labute approximate surface area is 185 Å². The van der Waals surface area contributed by atoms with Crippen molar-refractivity contribution >= 4 is 16.8 Å². The molecule has 4 aromatic rings. The van der Waals surface area contributed by atoms with Crippen molar-refractivity contribution in [1.82, 2.24) is 19.6 Å². The molecule has 1 amide bonds. The van der Waals surface area contributed by atoms with Gasteiger partial charge in [0.05, 0.1) is 6.10 Å². The Balaban J connectivity index is 1.50. The summed E-state index contributed by atoms with van der Waals surface area (Å²) in [4.78, 5) is 15.9. The van der Waals surface area contributed by atoms with Crippen LogP contribution in [-0.4, -0.2) is 30.3 Å². The zero-order valence-corrected chi connectivity index (χ0v) is 17.9. The number of rotatable bonds is 5.